The van der Waals surface area contributed by atoms with Crippen molar-refractivity contribution in [2.75, 3.05) is 13.1 Å². The van der Waals surface area contributed by atoms with Gasteiger partial charge in [-0.2, -0.15) is 0 Å². The molecule has 2 heterocycles. The van der Waals surface area contributed by atoms with E-state index >= 15 is 0 Å². The van der Waals surface area contributed by atoms with Gasteiger partial charge in [0, 0.05) is 23.9 Å². The number of hydrogen-bond acceptors (Lipinski definition) is 4. The first-order valence-corrected chi connectivity index (χ1v) is 9.94. The molecule has 0 bridgehead atoms. The maximum Gasteiger partial charge on any atom is 0.235 e. The highest BCUT2D eigenvalue weighted by Crippen LogP contribution is 2.31. The van der Waals surface area contributed by atoms with E-state index in [0.717, 1.165) is 47.8 Å². The summed E-state index contributed by atoms with van der Waals surface area (Å²) in [6.07, 6.45) is 1.81. The van der Waals surface area contributed by atoms with Gasteiger partial charge in [0.25, 0.3) is 0 Å². The molecule has 1 amide bonds. The van der Waals surface area contributed by atoms with E-state index in [4.69, 9.17) is 4.42 Å². The van der Waals surface area contributed by atoms with Crippen LogP contribution in [0, 0.1) is 0 Å². The molecule has 1 aromatic heterocycles. The Balaban J connectivity index is 1.36. The Labute approximate surface area is 157 Å². The molecule has 1 aliphatic rings. The Morgan fingerprint density at radius 3 is 2.54 bits per heavy atom. The summed E-state index contributed by atoms with van der Waals surface area (Å²) in [5.74, 6) is 1.32. The van der Waals surface area contributed by atoms with Crippen LogP contribution in [0.25, 0.3) is 11.1 Å². The van der Waals surface area contributed by atoms with E-state index in [1.165, 1.54) is 0 Å². The predicted molar refractivity (Wildman–Crippen MR) is 104 cm³/mol. The monoisotopic (exact) mass is 366 g/mol. The summed E-state index contributed by atoms with van der Waals surface area (Å²) >= 11 is 1.62. The number of hydrogen-bond donors (Lipinski definition) is 0. The SMILES string of the molecule is CC(Sc1ccccc1)C(=O)N1CCC(c2nc3ccccc3o2)CC1. The zero-order chi connectivity index (χ0) is 17.9. The Morgan fingerprint density at radius 2 is 1.81 bits per heavy atom. The van der Waals surface area contributed by atoms with E-state index < -0.39 is 0 Å². The molecular formula is C21H22N2O2S. The zero-order valence-electron chi connectivity index (χ0n) is 14.8. The van der Waals surface area contributed by atoms with E-state index in [1.807, 2.05) is 66.4 Å². The van der Waals surface area contributed by atoms with Crippen molar-refractivity contribution >= 4 is 28.8 Å². The molecule has 26 heavy (non-hydrogen) atoms. The lowest BCUT2D eigenvalue weighted by Crippen LogP contribution is -2.41. The highest BCUT2D eigenvalue weighted by molar-refractivity contribution is 8.00. The van der Waals surface area contributed by atoms with Crippen molar-refractivity contribution in [3.63, 3.8) is 0 Å². The molecule has 1 atom stereocenters. The maximum atomic E-state index is 12.8. The third-order valence-corrected chi connectivity index (χ3v) is 5.97. The minimum atomic E-state index is -0.0710. The van der Waals surface area contributed by atoms with Crippen LogP contribution in [-0.4, -0.2) is 34.1 Å². The first-order valence-electron chi connectivity index (χ1n) is 9.06. The molecule has 0 radical (unpaired) electrons. The highest BCUT2D eigenvalue weighted by atomic mass is 32.2. The molecule has 134 valence electrons. The molecule has 1 saturated heterocycles. The molecule has 0 spiro atoms. The number of likely N-dealkylation sites (tertiary alicyclic amines) is 1. The fourth-order valence-corrected chi connectivity index (χ4v) is 4.39. The van der Waals surface area contributed by atoms with Crippen molar-refractivity contribution in [1.29, 1.82) is 0 Å². The van der Waals surface area contributed by atoms with Crippen molar-refractivity contribution in [2.45, 2.75) is 35.8 Å². The van der Waals surface area contributed by atoms with Crippen LogP contribution in [-0.2, 0) is 4.79 Å². The van der Waals surface area contributed by atoms with Gasteiger partial charge < -0.3 is 9.32 Å². The van der Waals surface area contributed by atoms with Crippen molar-refractivity contribution in [3.05, 3.63) is 60.5 Å². The van der Waals surface area contributed by atoms with Crippen molar-refractivity contribution in [2.24, 2.45) is 0 Å². The van der Waals surface area contributed by atoms with Crippen molar-refractivity contribution < 1.29 is 9.21 Å². The molecule has 1 fully saturated rings. The van der Waals surface area contributed by atoms with Crippen LogP contribution in [0.4, 0.5) is 0 Å². The number of para-hydroxylation sites is 2. The first-order chi connectivity index (χ1) is 12.7. The van der Waals surface area contributed by atoms with Crippen LogP contribution in [0.3, 0.4) is 0 Å². The van der Waals surface area contributed by atoms with E-state index in [1.54, 1.807) is 11.8 Å². The number of carbonyl (C=O) groups is 1. The molecule has 5 heteroatoms. The van der Waals surface area contributed by atoms with Crippen LogP contribution in [0.2, 0.25) is 0 Å². The number of carbonyl (C=O) groups excluding carboxylic acids is 1. The summed E-state index contributed by atoms with van der Waals surface area (Å²) in [6.45, 7) is 3.52. The van der Waals surface area contributed by atoms with Gasteiger partial charge in [0.15, 0.2) is 11.5 Å². The highest BCUT2D eigenvalue weighted by Gasteiger charge is 2.29. The Kier molecular flexibility index (Phi) is 4.98. The van der Waals surface area contributed by atoms with E-state index in [-0.39, 0.29) is 11.2 Å². The predicted octanol–water partition coefficient (Wildman–Crippen LogP) is 4.71. The number of amides is 1. The van der Waals surface area contributed by atoms with Crippen LogP contribution in [0.5, 0.6) is 0 Å². The number of aromatic nitrogens is 1. The quantitative estimate of drug-likeness (QED) is 0.627. The second-order valence-corrected chi connectivity index (χ2v) is 8.11. The topological polar surface area (TPSA) is 46.3 Å². The summed E-state index contributed by atoms with van der Waals surface area (Å²) in [7, 11) is 0. The van der Waals surface area contributed by atoms with Gasteiger partial charge in [0.1, 0.15) is 5.52 Å². The summed E-state index contributed by atoms with van der Waals surface area (Å²) < 4.78 is 5.91. The minimum absolute atomic E-state index is 0.0710. The van der Waals surface area contributed by atoms with Crippen molar-refractivity contribution in [3.8, 4) is 0 Å². The molecule has 0 aliphatic carbocycles. The fourth-order valence-electron chi connectivity index (χ4n) is 3.42. The number of nitrogens with zero attached hydrogens (tertiary/aromatic N) is 2. The molecule has 4 nitrogen and oxygen atoms in total. The standard InChI is InChI=1S/C21H22N2O2S/c1-15(26-17-7-3-2-4-8-17)21(24)23-13-11-16(12-14-23)20-22-18-9-5-6-10-19(18)25-20/h2-10,15-16H,11-14H2,1H3. The second kappa shape index (κ2) is 7.54. The molecule has 0 N–H and O–H groups in total. The van der Waals surface area contributed by atoms with Gasteiger partial charge in [-0.05, 0) is 44.0 Å². The average Bonchev–Trinajstić information content (AvgIpc) is 3.12. The lowest BCUT2D eigenvalue weighted by molar-refractivity contribution is -0.131. The van der Waals surface area contributed by atoms with Crippen LogP contribution < -0.4 is 0 Å². The van der Waals surface area contributed by atoms with Crippen molar-refractivity contribution in [1.82, 2.24) is 9.88 Å². The van der Waals surface area contributed by atoms with Crippen LogP contribution in [0.1, 0.15) is 31.6 Å². The Morgan fingerprint density at radius 1 is 1.12 bits per heavy atom. The average molecular weight is 366 g/mol. The van der Waals surface area contributed by atoms with E-state index in [0.29, 0.717) is 5.92 Å². The molecule has 1 unspecified atom stereocenters. The van der Waals surface area contributed by atoms with Gasteiger partial charge in [-0.1, -0.05) is 30.3 Å². The number of thioether (sulfide) groups is 1. The number of fused-ring (bicyclic) bond motifs is 1. The summed E-state index contributed by atoms with van der Waals surface area (Å²) in [4.78, 5) is 20.5. The van der Waals surface area contributed by atoms with Crippen LogP contribution >= 0.6 is 11.8 Å². The maximum absolute atomic E-state index is 12.8. The number of piperidine rings is 1. The van der Waals surface area contributed by atoms with Gasteiger partial charge in [-0.3, -0.25) is 4.79 Å². The molecule has 0 saturated carbocycles. The summed E-state index contributed by atoms with van der Waals surface area (Å²) in [5, 5.41) is -0.0710. The second-order valence-electron chi connectivity index (χ2n) is 6.69. The Hall–Kier alpha value is -2.27. The first kappa shape index (κ1) is 17.2. The molecule has 3 aromatic rings. The molecule has 4 rings (SSSR count). The molecule has 1 aliphatic heterocycles. The molecule has 2 aromatic carbocycles. The number of rotatable bonds is 4. The lowest BCUT2D eigenvalue weighted by atomic mass is 9.96. The number of oxazole rings is 1. The molecular weight excluding hydrogens is 344 g/mol. The van der Waals surface area contributed by atoms with Gasteiger partial charge in [-0.25, -0.2) is 4.98 Å². The van der Waals surface area contributed by atoms with E-state index in [9.17, 15) is 4.79 Å². The van der Waals surface area contributed by atoms with Gasteiger partial charge in [0.05, 0.1) is 5.25 Å². The normalized spacial score (nSPS) is 16.7. The summed E-state index contributed by atoms with van der Waals surface area (Å²) in [5.41, 5.74) is 1.75. The van der Waals surface area contributed by atoms with E-state index in [2.05, 4.69) is 4.98 Å². The summed E-state index contributed by atoms with van der Waals surface area (Å²) in [6, 6.07) is 18.0. The third-order valence-electron chi connectivity index (χ3n) is 4.87. The zero-order valence-corrected chi connectivity index (χ0v) is 15.6. The largest absolute Gasteiger partial charge is 0.440 e. The Bertz CT molecular complexity index is 852. The van der Waals surface area contributed by atoms with Crippen LogP contribution in [0.15, 0.2) is 63.9 Å². The third kappa shape index (κ3) is 3.63. The smallest absolute Gasteiger partial charge is 0.235 e. The number of benzene rings is 2. The lowest BCUT2D eigenvalue weighted by Gasteiger charge is -2.32. The van der Waals surface area contributed by atoms with Gasteiger partial charge in [-0.15, -0.1) is 11.8 Å². The fraction of sp³-hybridized carbons (Fsp3) is 0.333. The van der Waals surface area contributed by atoms with Gasteiger partial charge in [0.2, 0.25) is 5.91 Å². The van der Waals surface area contributed by atoms with Gasteiger partial charge >= 0.3 is 0 Å². The minimum Gasteiger partial charge on any atom is -0.440 e.